The molecule has 0 atom stereocenters. The third-order valence-corrected chi connectivity index (χ3v) is 3.52. The summed E-state index contributed by atoms with van der Waals surface area (Å²) < 4.78 is 5.35. The molecule has 0 saturated heterocycles. The van der Waals surface area contributed by atoms with Crippen LogP contribution in [0.5, 0.6) is 5.75 Å². The lowest BCUT2D eigenvalue weighted by Crippen LogP contribution is -2.39. The van der Waals surface area contributed by atoms with E-state index >= 15 is 0 Å². The molecule has 1 amide bonds. The van der Waals surface area contributed by atoms with Crippen molar-refractivity contribution in [1.82, 2.24) is 10.3 Å². The van der Waals surface area contributed by atoms with E-state index in [-0.39, 0.29) is 5.91 Å². The first-order valence-corrected chi connectivity index (χ1v) is 6.86. The molecule has 0 aliphatic carbocycles. The molecule has 1 aromatic heterocycles. The van der Waals surface area contributed by atoms with Crippen molar-refractivity contribution in [3.05, 3.63) is 59.9 Å². The van der Waals surface area contributed by atoms with E-state index in [4.69, 9.17) is 4.74 Å². The fourth-order valence-corrected chi connectivity index (χ4v) is 2.19. The van der Waals surface area contributed by atoms with Crippen LogP contribution in [0.4, 0.5) is 0 Å². The summed E-state index contributed by atoms with van der Waals surface area (Å²) in [7, 11) is 1.61. The number of aromatic nitrogens is 1. The number of rotatable bonds is 5. The van der Waals surface area contributed by atoms with E-state index in [9.17, 15) is 4.79 Å². The van der Waals surface area contributed by atoms with Crippen molar-refractivity contribution in [2.24, 2.45) is 0 Å². The molecule has 0 unspecified atom stereocenters. The second-order valence-electron chi connectivity index (χ2n) is 5.37. The maximum Gasteiger partial charge on any atom is 0.230 e. The highest BCUT2D eigenvalue weighted by Gasteiger charge is 2.32. The average molecular weight is 284 g/mol. The van der Waals surface area contributed by atoms with E-state index < -0.39 is 5.41 Å². The van der Waals surface area contributed by atoms with Crippen LogP contribution in [0.2, 0.25) is 0 Å². The third-order valence-electron chi connectivity index (χ3n) is 3.52. The van der Waals surface area contributed by atoms with Gasteiger partial charge in [-0.05, 0) is 31.5 Å². The Kier molecular flexibility index (Phi) is 4.58. The smallest absolute Gasteiger partial charge is 0.230 e. The number of pyridine rings is 1. The van der Waals surface area contributed by atoms with E-state index in [1.54, 1.807) is 19.5 Å². The molecular formula is C17H20N2O2. The van der Waals surface area contributed by atoms with Crippen molar-refractivity contribution in [2.45, 2.75) is 25.8 Å². The van der Waals surface area contributed by atoms with Gasteiger partial charge in [-0.2, -0.15) is 0 Å². The first-order chi connectivity index (χ1) is 10.1. The Balaban J connectivity index is 2.13. The van der Waals surface area contributed by atoms with Crippen molar-refractivity contribution in [3.8, 4) is 5.75 Å². The van der Waals surface area contributed by atoms with Crippen LogP contribution in [-0.2, 0) is 16.8 Å². The first kappa shape index (κ1) is 15.0. The third kappa shape index (κ3) is 3.40. The number of hydrogen-bond acceptors (Lipinski definition) is 3. The molecule has 4 nitrogen and oxygen atoms in total. The van der Waals surface area contributed by atoms with Gasteiger partial charge in [0.2, 0.25) is 5.91 Å². The van der Waals surface area contributed by atoms with Crippen molar-refractivity contribution in [2.75, 3.05) is 7.11 Å². The van der Waals surface area contributed by atoms with Gasteiger partial charge in [-0.3, -0.25) is 9.78 Å². The molecule has 0 radical (unpaired) electrons. The molecular weight excluding hydrogens is 264 g/mol. The van der Waals surface area contributed by atoms with Gasteiger partial charge in [-0.1, -0.05) is 24.3 Å². The molecule has 1 heterocycles. The summed E-state index contributed by atoms with van der Waals surface area (Å²) in [5, 5.41) is 2.95. The van der Waals surface area contributed by atoms with Crippen LogP contribution in [-0.4, -0.2) is 18.0 Å². The van der Waals surface area contributed by atoms with Crippen LogP contribution in [0.1, 0.15) is 25.0 Å². The monoisotopic (exact) mass is 284 g/mol. The van der Waals surface area contributed by atoms with Crippen LogP contribution in [0.15, 0.2) is 48.8 Å². The van der Waals surface area contributed by atoms with Crippen LogP contribution in [0.25, 0.3) is 0 Å². The fraction of sp³-hybridized carbons (Fsp3) is 0.294. The van der Waals surface area contributed by atoms with Crippen LogP contribution < -0.4 is 10.1 Å². The Morgan fingerprint density at radius 1 is 1.24 bits per heavy atom. The van der Waals surface area contributed by atoms with Crippen molar-refractivity contribution in [1.29, 1.82) is 0 Å². The number of ether oxygens (including phenoxy) is 1. The van der Waals surface area contributed by atoms with E-state index in [0.717, 1.165) is 16.9 Å². The summed E-state index contributed by atoms with van der Waals surface area (Å²) in [4.78, 5) is 16.6. The summed E-state index contributed by atoms with van der Waals surface area (Å²) in [5.74, 6) is 0.676. The zero-order valence-corrected chi connectivity index (χ0v) is 12.6. The SMILES string of the molecule is COc1ccccc1C(C)(C)C(=O)NCc1cccnc1. The summed E-state index contributed by atoms with van der Waals surface area (Å²) >= 11 is 0. The lowest BCUT2D eigenvalue weighted by Gasteiger charge is -2.26. The Hall–Kier alpha value is -2.36. The lowest BCUT2D eigenvalue weighted by atomic mass is 9.83. The minimum absolute atomic E-state index is 0.0455. The number of hydrogen-bond donors (Lipinski definition) is 1. The molecule has 0 fully saturated rings. The summed E-state index contributed by atoms with van der Waals surface area (Å²) in [6, 6.07) is 11.4. The predicted octanol–water partition coefficient (Wildman–Crippen LogP) is 2.68. The highest BCUT2D eigenvalue weighted by molar-refractivity contribution is 5.88. The van der Waals surface area contributed by atoms with Gasteiger partial charge in [0, 0.05) is 24.5 Å². The molecule has 1 aromatic carbocycles. The van der Waals surface area contributed by atoms with Gasteiger partial charge in [0.05, 0.1) is 12.5 Å². The van der Waals surface area contributed by atoms with Crippen LogP contribution >= 0.6 is 0 Å². The van der Waals surface area contributed by atoms with Gasteiger partial charge in [0.15, 0.2) is 0 Å². The number of carbonyl (C=O) groups excluding carboxylic acids is 1. The standard InChI is InChI=1S/C17H20N2O2/c1-17(2,14-8-4-5-9-15(14)21-3)16(20)19-12-13-7-6-10-18-11-13/h4-11H,12H2,1-3H3,(H,19,20). The van der Waals surface area contributed by atoms with Gasteiger partial charge >= 0.3 is 0 Å². The molecule has 0 saturated carbocycles. The Morgan fingerprint density at radius 3 is 2.67 bits per heavy atom. The van der Waals surface area contributed by atoms with Crippen molar-refractivity contribution < 1.29 is 9.53 Å². The van der Waals surface area contributed by atoms with Gasteiger partial charge in [0.25, 0.3) is 0 Å². The topological polar surface area (TPSA) is 51.2 Å². The van der Waals surface area contributed by atoms with Gasteiger partial charge in [-0.15, -0.1) is 0 Å². The molecule has 0 aliphatic rings. The van der Waals surface area contributed by atoms with Crippen molar-refractivity contribution >= 4 is 5.91 Å². The summed E-state index contributed by atoms with van der Waals surface area (Å²) in [6.07, 6.45) is 3.46. The van der Waals surface area contributed by atoms with Crippen molar-refractivity contribution in [3.63, 3.8) is 0 Å². The fourth-order valence-electron chi connectivity index (χ4n) is 2.19. The van der Waals surface area contributed by atoms with Gasteiger partial charge in [-0.25, -0.2) is 0 Å². The number of benzene rings is 1. The van der Waals surface area contributed by atoms with E-state index in [0.29, 0.717) is 6.54 Å². The molecule has 2 rings (SSSR count). The Morgan fingerprint density at radius 2 is 2.00 bits per heavy atom. The van der Waals surface area contributed by atoms with Gasteiger partial charge in [0.1, 0.15) is 5.75 Å². The molecule has 0 aliphatic heterocycles. The zero-order chi connectivity index (χ0) is 15.3. The number of amides is 1. The van der Waals surface area contributed by atoms with E-state index in [2.05, 4.69) is 10.3 Å². The number of nitrogens with zero attached hydrogens (tertiary/aromatic N) is 1. The molecule has 110 valence electrons. The summed E-state index contributed by atoms with van der Waals surface area (Å²) in [6.45, 7) is 4.25. The van der Waals surface area contributed by atoms with Crippen LogP contribution in [0.3, 0.4) is 0 Å². The molecule has 0 spiro atoms. The van der Waals surface area contributed by atoms with Gasteiger partial charge < -0.3 is 10.1 Å². The number of methoxy groups -OCH3 is 1. The first-order valence-electron chi connectivity index (χ1n) is 6.86. The maximum atomic E-state index is 12.5. The zero-order valence-electron chi connectivity index (χ0n) is 12.6. The number of nitrogens with one attached hydrogen (secondary N) is 1. The molecule has 21 heavy (non-hydrogen) atoms. The highest BCUT2D eigenvalue weighted by Crippen LogP contribution is 2.31. The summed E-state index contributed by atoms with van der Waals surface area (Å²) in [5.41, 5.74) is 1.17. The quantitative estimate of drug-likeness (QED) is 0.918. The molecule has 2 aromatic rings. The molecule has 4 heteroatoms. The molecule has 0 bridgehead atoms. The normalized spacial score (nSPS) is 11.0. The van der Waals surface area contributed by atoms with E-state index in [1.165, 1.54) is 0 Å². The van der Waals surface area contributed by atoms with Crippen LogP contribution in [0, 0.1) is 0 Å². The Labute approximate surface area is 125 Å². The maximum absolute atomic E-state index is 12.5. The van der Waals surface area contributed by atoms with E-state index in [1.807, 2.05) is 50.2 Å². The number of para-hydroxylation sites is 1. The minimum atomic E-state index is -0.672. The minimum Gasteiger partial charge on any atom is -0.496 e. The predicted molar refractivity (Wildman–Crippen MR) is 82.1 cm³/mol. The second kappa shape index (κ2) is 6.39. The Bertz CT molecular complexity index is 609. The molecule has 1 N–H and O–H groups in total. The lowest BCUT2D eigenvalue weighted by molar-refractivity contribution is -0.125. The largest absolute Gasteiger partial charge is 0.496 e. The average Bonchev–Trinajstić information content (AvgIpc) is 2.53. The number of carbonyl (C=O) groups is 1. The highest BCUT2D eigenvalue weighted by atomic mass is 16.5. The second-order valence-corrected chi connectivity index (χ2v) is 5.37.